The molecular formula is C14H20O. The van der Waals surface area contributed by atoms with Gasteiger partial charge in [0.15, 0.2) is 0 Å². The van der Waals surface area contributed by atoms with Crippen molar-refractivity contribution in [2.75, 3.05) is 0 Å². The molecule has 0 saturated carbocycles. The highest BCUT2D eigenvalue weighted by atomic mass is 16.3. The molecule has 0 heterocycles. The molecule has 0 fully saturated rings. The average Bonchev–Trinajstić information content (AvgIpc) is 2.15. The molecule has 0 amide bonds. The number of rotatable bonds is 5. The summed E-state index contributed by atoms with van der Waals surface area (Å²) in [4.78, 5) is 0. The zero-order chi connectivity index (χ0) is 11.3. The molecule has 0 aliphatic heterocycles. The maximum atomic E-state index is 9.59. The van der Waals surface area contributed by atoms with Crippen LogP contribution in [0.15, 0.2) is 42.5 Å². The van der Waals surface area contributed by atoms with Crippen LogP contribution < -0.4 is 0 Å². The van der Waals surface area contributed by atoms with Crippen LogP contribution in [0.2, 0.25) is 0 Å². The van der Waals surface area contributed by atoms with Crippen LogP contribution in [-0.4, -0.2) is 10.7 Å². The van der Waals surface area contributed by atoms with E-state index >= 15 is 0 Å². The van der Waals surface area contributed by atoms with E-state index in [1.807, 2.05) is 32.0 Å². The molecule has 0 bridgehead atoms. The Kier molecular flexibility index (Phi) is 4.10. The van der Waals surface area contributed by atoms with Crippen LogP contribution in [0, 0.1) is 0 Å². The smallest absolute Gasteiger partial charge is 0.0594 e. The Morgan fingerprint density at radius 1 is 1.27 bits per heavy atom. The molecule has 0 saturated heterocycles. The van der Waals surface area contributed by atoms with E-state index in [-0.39, 0.29) is 0 Å². The molecule has 0 aromatic heterocycles. The van der Waals surface area contributed by atoms with Crippen molar-refractivity contribution in [2.24, 2.45) is 0 Å². The summed E-state index contributed by atoms with van der Waals surface area (Å²) in [6, 6.07) is 10.3. The SMILES string of the molecule is C=C(CCC(C)(C)O)Cc1ccccc1. The minimum atomic E-state index is -0.584. The molecular weight excluding hydrogens is 184 g/mol. The van der Waals surface area contributed by atoms with Crippen LogP contribution >= 0.6 is 0 Å². The van der Waals surface area contributed by atoms with Gasteiger partial charge < -0.3 is 5.11 Å². The summed E-state index contributed by atoms with van der Waals surface area (Å²) in [6.45, 7) is 7.71. The van der Waals surface area contributed by atoms with Crippen LogP contribution in [0.25, 0.3) is 0 Å². The Hall–Kier alpha value is -1.08. The fraction of sp³-hybridized carbons (Fsp3) is 0.429. The molecule has 1 aromatic rings. The normalized spacial score (nSPS) is 11.4. The summed E-state index contributed by atoms with van der Waals surface area (Å²) in [5.74, 6) is 0. The van der Waals surface area contributed by atoms with Gasteiger partial charge in [-0.15, -0.1) is 0 Å². The van der Waals surface area contributed by atoms with E-state index < -0.39 is 5.60 Å². The molecule has 1 rings (SSSR count). The van der Waals surface area contributed by atoms with E-state index in [0.717, 1.165) is 19.3 Å². The molecule has 82 valence electrons. The molecule has 0 radical (unpaired) electrons. The maximum absolute atomic E-state index is 9.59. The van der Waals surface area contributed by atoms with Crippen molar-refractivity contribution in [1.82, 2.24) is 0 Å². The van der Waals surface area contributed by atoms with E-state index in [2.05, 4.69) is 18.7 Å². The summed E-state index contributed by atoms with van der Waals surface area (Å²) < 4.78 is 0. The highest BCUT2D eigenvalue weighted by Gasteiger charge is 2.12. The van der Waals surface area contributed by atoms with Crippen molar-refractivity contribution >= 4 is 0 Å². The Balaban J connectivity index is 2.38. The molecule has 0 spiro atoms. The van der Waals surface area contributed by atoms with E-state index in [1.165, 1.54) is 11.1 Å². The summed E-state index contributed by atoms with van der Waals surface area (Å²) >= 11 is 0. The topological polar surface area (TPSA) is 20.2 Å². The van der Waals surface area contributed by atoms with Gasteiger partial charge in [-0.2, -0.15) is 0 Å². The fourth-order valence-corrected chi connectivity index (χ4v) is 1.46. The van der Waals surface area contributed by atoms with Gasteiger partial charge in [-0.3, -0.25) is 0 Å². The summed E-state index contributed by atoms with van der Waals surface area (Å²) in [5, 5.41) is 9.59. The Labute approximate surface area is 92.5 Å². The molecule has 0 aliphatic rings. The number of hydrogen-bond acceptors (Lipinski definition) is 1. The monoisotopic (exact) mass is 204 g/mol. The van der Waals surface area contributed by atoms with Crippen LogP contribution in [0.4, 0.5) is 0 Å². The standard InChI is InChI=1S/C14H20O/c1-12(9-10-14(2,3)15)11-13-7-5-4-6-8-13/h4-8,15H,1,9-11H2,2-3H3. The lowest BCUT2D eigenvalue weighted by atomic mass is 9.96. The quantitative estimate of drug-likeness (QED) is 0.729. The molecule has 0 atom stereocenters. The van der Waals surface area contributed by atoms with E-state index in [4.69, 9.17) is 0 Å². The first kappa shape index (κ1) is 12.0. The molecule has 1 N–H and O–H groups in total. The minimum absolute atomic E-state index is 0.584. The van der Waals surface area contributed by atoms with Gasteiger partial charge in [0.05, 0.1) is 5.60 Å². The highest BCUT2D eigenvalue weighted by molar-refractivity contribution is 5.20. The molecule has 1 heteroatoms. The lowest BCUT2D eigenvalue weighted by Crippen LogP contribution is -2.18. The van der Waals surface area contributed by atoms with Crippen molar-refractivity contribution in [3.8, 4) is 0 Å². The number of allylic oxidation sites excluding steroid dienone is 1. The lowest BCUT2D eigenvalue weighted by Gasteiger charge is -2.17. The molecule has 0 aliphatic carbocycles. The van der Waals surface area contributed by atoms with Gasteiger partial charge in [-0.25, -0.2) is 0 Å². The maximum Gasteiger partial charge on any atom is 0.0594 e. The first-order valence-electron chi connectivity index (χ1n) is 5.40. The first-order chi connectivity index (χ1) is 6.97. The lowest BCUT2D eigenvalue weighted by molar-refractivity contribution is 0.0713. The van der Waals surface area contributed by atoms with Crippen LogP contribution in [0.3, 0.4) is 0 Å². The van der Waals surface area contributed by atoms with Crippen molar-refractivity contribution in [1.29, 1.82) is 0 Å². The number of benzene rings is 1. The third kappa shape index (κ3) is 5.38. The molecule has 0 unspecified atom stereocenters. The Bertz CT molecular complexity index is 306. The summed E-state index contributed by atoms with van der Waals surface area (Å²) in [7, 11) is 0. The predicted octanol–water partition coefficient (Wildman–Crippen LogP) is 3.34. The second kappa shape index (κ2) is 5.13. The van der Waals surface area contributed by atoms with Gasteiger partial charge in [-0.05, 0) is 38.7 Å². The fourth-order valence-electron chi connectivity index (χ4n) is 1.46. The zero-order valence-corrected chi connectivity index (χ0v) is 9.66. The van der Waals surface area contributed by atoms with Gasteiger partial charge in [0.25, 0.3) is 0 Å². The van der Waals surface area contributed by atoms with E-state index in [0.29, 0.717) is 0 Å². The summed E-state index contributed by atoms with van der Waals surface area (Å²) in [6.07, 6.45) is 2.58. The summed E-state index contributed by atoms with van der Waals surface area (Å²) in [5.41, 5.74) is 1.89. The van der Waals surface area contributed by atoms with Crippen LogP contribution in [0.1, 0.15) is 32.3 Å². The van der Waals surface area contributed by atoms with Crippen LogP contribution in [-0.2, 0) is 6.42 Å². The first-order valence-corrected chi connectivity index (χ1v) is 5.40. The second-order valence-corrected chi connectivity index (χ2v) is 4.72. The van der Waals surface area contributed by atoms with Gasteiger partial charge in [0, 0.05) is 0 Å². The van der Waals surface area contributed by atoms with Gasteiger partial charge >= 0.3 is 0 Å². The minimum Gasteiger partial charge on any atom is -0.390 e. The van der Waals surface area contributed by atoms with E-state index in [1.54, 1.807) is 0 Å². The largest absolute Gasteiger partial charge is 0.390 e. The van der Waals surface area contributed by atoms with Gasteiger partial charge in [-0.1, -0.05) is 42.5 Å². The Morgan fingerprint density at radius 2 is 1.87 bits per heavy atom. The third-order valence-electron chi connectivity index (χ3n) is 2.39. The number of hydrogen-bond donors (Lipinski definition) is 1. The molecule has 1 aromatic carbocycles. The van der Waals surface area contributed by atoms with Gasteiger partial charge in [0.2, 0.25) is 0 Å². The number of aliphatic hydroxyl groups is 1. The van der Waals surface area contributed by atoms with Crippen LogP contribution in [0.5, 0.6) is 0 Å². The van der Waals surface area contributed by atoms with Crippen molar-refractivity contribution in [2.45, 2.75) is 38.7 Å². The van der Waals surface area contributed by atoms with Gasteiger partial charge in [0.1, 0.15) is 0 Å². The highest BCUT2D eigenvalue weighted by Crippen LogP contribution is 2.17. The average molecular weight is 204 g/mol. The van der Waals surface area contributed by atoms with Crippen molar-refractivity contribution < 1.29 is 5.11 Å². The van der Waals surface area contributed by atoms with Crippen molar-refractivity contribution in [3.63, 3.8) is 0 Å². The second-order valence-electron chi connectivity index (χ2n) is 4.72. The zero-order valence-electron chi connectivity index (χ0n) is 9.66. The Morgan fingerprint density at radius 3 is 2.40 bits per heavy atom. The van der Waals surface area contributed by atoms with E-state index in [9.17, 15) is 5.11 Å². The third-order valence-corrected chi connectivity index (χ3v) is 2.39. The molecule has 15 heavy (non-hydrogen) atoms. The molecule has 1 nitrogen and oxygen atoms in total. The predicted molar refractivity (Wildman–Crippen MR) is 64.8 cm³/mol. The van der Waals surface area contributed by atoms with Crippen molar-refractivity contribution in [3.05, 3.63) is 48.0 Å².